The normalized spacial score (nSPS) is 8.93. The third-order valence-electron chi connectivity index (χ3n) is 1.87. The highest BCUT2D eigenvalue weighted by Crippen LogP contribution is 2.15. The van der Waals surface area contributed by atoms with Gasteiger partial charge in [-0.15, -0.1) is 6.42 Å². The molecule has 1 N–H and O–H groups in total. The summed E-state index contributed by atoms with van der Waals surface area (Å²) in [5, 5.41) is 2.92. The van der Waals surface area contributed by atoms with Crippen molar-refractivity contribution in [1.82, 2.24) is 0 Å². The van der Waals surface area contributed by atoms with Crippen LogP contribution in [-0.2, 0) is 4.74 Å². The van der Waals surface area contributed by atoms with Gasteiger partial charge in [0, 0.05) is 18.3 Å². The summed E-state index contributed by atoms with van der Waals surface area (Å²) >= 11 is 0. The smallest absolute Gasteiger partial charge is 0.339 e. The van der Waals surface area contributed by atoms with Crippen LogP contribution in [0.25, 0.3) is 0 Å². The van der Waals surface area contributed by atoms with Gasteiger partial charge in [-0.25, -0.2) is 4.79 Å². The van der Waals surface area contributed by atoms with Crippen LogP contribution in [0.1, 0.15) is 15.9 Å². The van der Waals surface area contributed by atoms with Gasteiger partial charge < -0.3 is 10.1 Å². The van der Waals surface area contributed by atoms with Gasteiger partial charge in [0.05, 0.1) is 12.7 Å². The molecular formula is C11H11NO2. The molecular weight excluding hydrogens is 178 g/mol. The van der Waals surface area contributed by atoms with E-state index in [4.69, 9.17) is 6.42 Å². The number of hydrogen-bond donors (Lipinski definition) is 1. The molecule has 0 saturated carbocycles. The molecule has 0 saturated heterocycles. The standard InChI is InChI=1S/C11H11NO2/c1-4-8-5-6-9(12-2)7-10(8)11(13)14-3/h1,5-7,12H,2-3H3. The predicted molar refractivity (Wildman–Crippen MR) is 55.3 cm³/mol. The van der Waals surface area contributed by atoms with Crippen molar-refractivity contribution >= 4 is 11.7 Å². The van der Waals surface area contributed by atoms with Crippen molar-refractivity contribution in [3.8, 4) is 12.3 Å². The van der Waals surface area contributed by atoms with Gasteiger partial charge >= 0.3 is 5.97 Å². The molecule has 1 rings (SSSR count). The van der Waals surface area contributed by atoms with Crippen LogP contribution < -0.4 is 5.32 Å². The van der Waals surface area contributed by atoms with Crippen LogP contribution in [-0.4, -0.2) is 20.1 Å². The topological polar surface area (TPSA) is 38.3 Å². The molecule has 0 aliphatic carbocycles. The molecule has 3 heteroatoms. The number of rotatable bonds is 2. The average Bonchev–Trinajstić information content (AvgIpc) is 2.27. The van der Waals surface area contributed by atoms with Crippen LogP contribution in [0.15, 0.2) is 18.2 Å². The molecule has 0 bridgehead atoms. The molecule has 0 fully saturated rings. The minimum Gasteiger partial charge on any atom is -0.465 e. The van der Waals surface area contributed by atoms with Crippen molar-refractivity contribution in [1.29, 1.82) is 0 Å². The van der Waals surface area contributed by atoms with E-state index in [2.05, 4.69) is 16.0 Å². The van der Waals surface area contributed by atoms with Gasteiger partial charge in [-0.2, -0.15) is 0 Å². The SMILES string of the molecule is C#Cc1ccc(NC)cc1C(=O)OC. The molecule has 0 amide bonds. The number of nitrogens with one attached hydrogen (secondary N) is 1. The lowest BCUT2D eigenvalue weighted by molar-refractivity contribution is 0.0600. The van der Waals surface area contributed by atoms with Gasteiger partial charge in [-0.3, -0.25) is 0 Å². The first kappa shape index (κ1) is 10.1. The summed E-state index contributed by atoms with van der Waals surface area (Å²) in [5.74, 6) is 2.01. The predicted octanol–water partition coefficient (Wildman–Crippen LogP) is 1.50. The van der Waals surface area contributed by atoms with Crippen LogP contribution in [0.2, 0.25) is 0 Å². The number of terminal acetylenes is 1. The molecule has 0 atom stereocenters. The summed E-state index contributed by atoms with van der Waals surface area (Å²) in [5.41, 5.74) is 1.77. The Labute approximate surface area is 83.1 Å². The van der Waals surface area contributed by atoms with Crippen LogP contribution in [0.4, 0.5) is 5.69 Å². The van der Waals surface area contributed by atoms with Gasteiger partial charge in [0.15, 0.2) is 0 Å². The molecule has 1 aromatic rings. The number of anilines is 1. The van der Waals surface area contributed by atoms with E-state index in [1.54, 1.807) is 19.2 Å². The Hall–Kier alpha value is -1.95. The zero-order valence-corrected chi connectivity index (χ0v) is 8.13. The molecule has 0 radical (unpaired) electrons. The molecule has 72 valence electrons. The summed E-state index contributed by atoms with van der Waals surface area (Å²) in [6.45, 7) is 0. The quantitative estimate of drug-likeness (QED) is 0.566. The number of esters is 1. The van der Waals surface area contributed by atoms with Crippen molar-refractivity contribution in [2.24, 2.45) is 0 Å². The third-order valence-corrected chi connectivity index (χ3v) is 1.87. The lowest BCUT2D eigenvalue weighted by Gasteiger charge is -2.05. The van der Waals surface area contributed by atoms with E-state index in [0.717, 1.165) is 5.69 Å². The van der Waals surface area contributed by atoms with Gasteiger partial charge in [-0.1, -0.05) is 5.92 Å². The fraction of sp³-hybridized carbons (Fsp3) is 0.182. The maximum absolute atomic E-state index is 11.3. The number of benzene rings is 1. The van der Waals surface area contributed by atoms with Gasteiger partial charge in [0.1, 0.15) is 0 Å². The highest BCUT2D eigenvalue weighted by molar-refractivity contribution is 5.93. The minimum atomic E-state index is -0.421. The van der Waals surface area contributed by atoms with Crippen molar-refractivity contribution in [2.45, 2.75) is 0 Å². The Bertz CT molecular complexity index is 391. The zero-order chi connectivity index (χ0) is 10.6. The van der Waals surface area contributed by atoms with Crippen molar-refractivity contribution in [3.05, 3.63) is 29.3 Å². The van der Waals surface area contributed by atoms with Crippen molar-refractivity contribution in [2.75, 3.05) is 19.5 Å². The third kappa shape index (κ3) is 1.86. The fourth-order valence-electron chi connectivity index (χ4n) is 1.10. The molecule has 0 aromatic heterocycles. The van der Waals surface area contributed by atoms with Crippen LogP contribution in [0.3, 0.4) is 0 Å². The highest BCUT2D eigenvalue weighted by Gasteiger charge is 2.10. The van der Waals surface area contributed by atoms with Crippen molar-refractivity contribution < 1.29 is 9.53 Å². The van der Waals surface area contributed by atoms with Gasteiger partial charge in [-0.05, 0) is 18.2 Å². The summed E-state index contributed by atoms with van der Waals surface area (Å²) in [6.07, 6.45) is 5.26. The molecule has 0 aliphatic rings. The lowest BCUT2D eigenvalue weighted by atomic mass is 10.1. The van der Waals surface area contributed by atoms with Crippen LogP contribution >= 0.6 is 0 Å². The molecule has 0 spiro atoms. The average molecular weight is 189 g/mol. The van der Waals surface area contributed by atoms with Gasteiger partial charge in [0.2, 0.25) is 0 Å². The van der Waals surface area contributed by atoms with E-state index in [1.165, 1.54) is 7.11 Å². The molecule has 1 aromatic carbocycles. The molecule has 14 heavy (non-hydrogen) atoms. The van der Waals surface area contributed by atoms with E-state index in [-0.39, 0.29) is 0 Å². The number of carbonyl (C=O) groups excluding carboxylic acids is 1. The number of ether oxygens (including phenoxy) is 1. The summed E-state index contributed by atoms with van der Waals surface area (Å²) in [4.78, 5) is 11.3. The monoisotopic (exact) mass is 189 g/mol. The van der Waals surface area contributed by atoms with E-state index < -0.39 is 5.97 Å². The minimum absolute atomic E-state index is 0.404. The zero-order valence-electron chi connectivity index (χ0n) is 8.13. The first-order valence-electron chi connectivity index (χ1n) is 4.09. The molecule has 0 unspecified atom stereocenters. The van der Waals surface area contributed by atoms with Gasteiger partial charge in [0.25, 0.3) is 0 Å². The summed E-state index contributed by atoms with van der Waals surface area (Å²) in [7, 11) is 3.10. The Kier molecular flexibility index (Phi) is 3.14. The molecule has 0 heterocycles. The Morgan fingerprint density at radius 1 is 1.57 bits per heavy atom. The second kappa shape index (κ2) is 4.33. The summed E-state index contributed by atoms with van der Waals surface area (Å²) < 4.78 is 4.62. The first-order chi connectivity index (χ1) is 6.72. The maximum atomic E-state index is 11.3. The summed E-state index contributed by atoms with van der Waals surface area (Å²) in [6, 6.07) is 5.18. The highest BCUT2D eigenvalue weighted by atomic mass is 16.5. The number of carbonyl (C=O) groups is 1. The second-order valence-corrected chi connectivity index (χ2v) is 2.65. The Balaban J connectivity index is 3.23. The fourth-order valence-corrected chi connectivity index (χ4v) is 1.10. The van der Waals surface area contributed by atoms with Crippen LogP contribution in [0.5, 0.6) is 0 Å². The largest absolute Gasteiger partial charge is 0.465 e. The number of hydrogen-bond acceptors (Lipinski definition) is 3. The maximum Gasteiger partial charge on any atom is 0.339 e. The van der Waals surface area contributed by atoms with E-state index in [0.29, 0.717) is 11.1 Å². The van der Waals surface area contributed by atoms with E-state index in [1.807, 2.05) is 6.07 Å². The second-order valence-electron chi connectivity index (χ2n) is 2.65. The molecule has 0 aliphatic heterocycles. The Morgan fingerprint density at radius 3 is 2.79 bits per heavy atom. The number of methoxy groups -OCH3 is 1. The first-order valence-corrected chi connectivity index (χ1v) is 4.09. The van der Waals surface area contributed by atoms with E-state index >= 15 is 0 Å². The Morgan fingerprint density at radius 2 is 2.29 bits per heavy atom. The van der Waals surface area contributed by atoms with Crippen molar-refractivity contribution in [3.63, 3.8) is 0 Å². The molecule has 3 nitrogen and oxygen atoms in total. The van der Waals surface area contributed by atoms with Crippen LogP contribution in [0, 0.1) is 12.3 Å². The van der Waals surface area contributed by atoms with E-state index in [9.17, 15) is 4.79 Å². The lowest BCUT2D eigenvalue weighted by Crippen LogP contribution is -2.05.